The number of hydrogen-bond acceptors (Lipinski definition) is 5. The first-order chi connectivity index (χ1) is 9.95. The van der Waals surface area contributed by atoms with E-state index < -0.39 is 9.84 Å². The smallest absolute Gasteiger partial charge is 0.179 e. The van der Waals surface area contributed by atoms with Gasteiger partial charge in [0.1, 0.15) is 16.4 Å². The highest BCUT2D eigenvalue weighted by Crippen LogP contribution is 2.34. The van der Waals surface area contributed by atoms with Crippen LogP contribution in [0.2, 0.25) is 0 Å². The number of nitrogens with one attached hydrogen (secondary N) is 1. The fraction of sp³-hybridized carbons (Fsp3) is 0.600. The Bertz CT molecular complexity index is 592. The number of rotatable bonds is 5. The number of methoxy groups -OCH3 is 2. The quantitative estimate of drug-likeness (QED) is 0.895. The van der Waals surface area contributed by atoms with E-state index in [4.69, 9.17) is 9.47 Å². The normalized spacial score (nSPS) is 19.3. The first kappa shape index (κ1) is 16.1. The van der Waals surface area contributed by atoms with E-state index in [1.807, 2.05) is 0 Å². The molecule has 0 spiro atoms. The number of sulfone groups is 1. The van der Waals surface area contributed by atoms with E-state index in [2.05, 4.69) is 5.32 Å². The average Bonchev–Trinajstić information content (AvgIpc) is 2.46. The zero-order chi connectivity index (χ0) is 15.5. The van der Waals surface area contributed by atoms with Crippen LogP contribution < -0.4 is 14.8 Å². The van der Waals surface area contributed by atoms with Gasteiger partial charge in [0, 0.05) is 12.3 Å². The van der Waals surface area contributed by atoms with E-state index in [-0.39, 0.29) is 4.90 Å². The molecule has 1 N–H and O–H groups in total. The number of piperidine rings is 1. The minimum absolute atomic E-state index is 0.173. The zero-order valence-electron chi connectivity index (χ0n) is 12.8. The van der Waals surface area contributed by atoms with Crippen molar-refractivity contribution in [1.82, 2.24) is 5.32 Å². The topological polar surface area (TPSA) is 64.6 Å². The zero-order valence-corrected chi connectivity index (χ0v) is 13.6. The molecule has 118 valence electrons. The van der Waals surface area contributed by atoms with Crippen molar-refractivity contribution in [2.24, 2.45) is 5.92 Å². The van der Waals surface area contributed by atoms with Crippen LogP contribution in [0, 0.1) is 5.92 Å². The van der Waals surface area contributed by atoms with E-state index in [1.165, 1.54) is 26.2 Å². The second-order valence-electron chi connectivity index (χ2n) is 5.50. The Kier molecular flexibility index (Phi) is 5.11. The van der Waals surface area contributed by atoms with Gasteiger partial charge in [0.05, 0.1) is 14.2 Å². The van der Waals surface area contributed by atoms with Crippen molar-refractivity contribution in [2.75, 3.05) is 33.6 Å². The molecule has 1 aliphatic heterocycles. The van der Waals surface area contributed by atoms with E-state index in [1.54, 1.807) is 19.2 Å². The first-order valence-electron chi connectivity index (χ1n) is 7.11. The summed E-state index contributed by atoms with van der Waals surface area (Å²) in [6.45, 7) is 2.06. The van der Waals surface area contributed by atoms with Gasteiger partial charge in [0.2, 0.25) is 0 Å². The van der Waals surface area contributed by atoms with Crippen LogP contribution in [-0.2, 0) is 16.3 Å². The van der Waals surface area contributed by atoms with Crippen molar-refractivity contribution in [1.29, 1.82) is 0 Å². The number of hydrogen-bond donors (Lipinski definition) is 1. The molecule has 1 aromatic rings. The van der Waals surface area contributed by atoms with Crippen molar-refractivity contribution >= 4 is 9.84 Å². The summed E-state index contributed by atoms with van der Waals surface area (Å²) in [6.07, 6.45) is 4.38. The van der Waals surface area contributed by atoms with Gasteiger partial charge in [-0.05, 0) is 49.9 Å². The van der Waals surface area contributed by atoms with E-state index in [0.29, 0.717) is 17.4 Å². The van der Waals surface area contributed by atoms with Gasteiger partial charge in [-0.3, -0.25) is 0 Å². The Balaban J connectivity index is 2.36. The van der Waals surface area contributed by atoms with E-state index in [9.17, 15) is 8.42 Å². The lowest BCUT2D eigenvalue weighted by Gasteiger charge is -2.24. The molecule has 21 heavy (non-hydrogen) atoms. The van der Waals surface area contributed by atoms with Crippen LogP contribution in [0.1, 0.15) is 18.4 Å². The summed E-state index contributed by atoms with van der Waals surface area (Å²) >= 11 is 0. The first-order valence-corrected chi connectivity index (χ1v) is 9.00. The summed E-state index contributed by atoms with van der Waals surface area (Å²) in [5.41, 5.74) is 0.996. The van der Waals surface area contributed by atoms with Crippen LogP contribution in [0.25, 0.3) is 0 Å². The fourth-order valence-electron chi connectivity index (χ4n) is 2.79. The van der Waals surface area contributed by atoms with Crippen LogP contribution in [0.4, 0.5) is 0 Å². The molecule has 1 aromatic carbocycles. The molecule has 1 heterocycles. The molecule has 1 aliphatic rings. The van der Waals surface area contributed by atoms with Gasteiger partial charge in [-0.1, -0.05) is 0 Å². The molecule has 1 fully saturated rings. The lowest BCUT2D eigenvalue weighted by molar-refractivity contribution is 0.359. The summed E-state index contributed by atoms with van der Waals surface area (Å²) in [4.78, 5) is 0.173. The van der Waals surface area contributed by atoms with Crippen LogP contribution in [-0.4, -0.2) is 42.0 Å². The molecule has 0 aromatic heterocycles. The minimum Gasteiger partial charge on any atom is -0.496 e. The lowest BCUT2D eigenvalue weighted by atomic mass is 9.92. The van der Waals surface area contributed by atoms with E-state index >= 15 is 0 Å². The molecule has 2 rings (SSSR count). The SMILES string of the molecule is COc1cc(S(C)(=O)=O)c(OC)cc1CC1CCCNC1. The van der Waals surface area contributed by atoms with Gasteiger partial charge in [0.15, 0.2) is 9.84 Å². The van der Waals surface area contributed by atoms with Gasteiger partial charge in [-0.15, -0.1) is 0 Å². The molecule has 5 nitrogen and oxygen atoms in total. The Morgan fingerprint density at radius 1 is 1.24 bits per heavy atom. The van der Waals surface area contributed by atoms with Crippen LogP contribution in [0.5, 0.6) is 11.5 Å². The number of ether oxygens (including phenoxy) is 2. The molecule has 6 heteroatoms. The van der Waals surface area contributed by atoms with E-state index in [0.717, 1.165) is 25.1 Å². The Morgan fingerprint density at radius 3 is 2.48 bits per heavy atom. The Morgan fingerprint density at radius 2 is 1.95 bits per heavy atom. The Hall–Kier alpha value is -1.27. The highest BCUT2D eigenvalue weighted by Gasteiger charge is 2.21. The van der Waals surface area contributed by atoms with Gasteiger partial charge in [-0.2, -0.15) is 0 Å². The van der Waals surface area contributed by atoms with Gasteiger partial charge in [0.25, 0.3) is 0 Å². The van der Waals surface area contributed by atoms with Crippen molar-refractivity contribution in [3.05, 3.63) is 17.7 Å². The second kappa shape index (κ2) is 6.66. The highest BCUT2D eigenvalue weighted by atomic mass is 32.2. The molecule has 0 amide bonds. The summed E-state index contributed by atoms with van der Waals surface area (Å²) in [7, 11) is -0.291. The van der Waals surface area contributed by atoms with Crippen LogP contribution in [0.15, 0.2) is 17.0 Å². The van der Waals surface area contributed by atoms with Crippen molar-refractivity contribution in [3.8, 4) is 11.5 Å². The molecule has 0 bridgehead atoms. The Labute approximate surface area is 126 Å². The van der Waals surface area contributed by atoms with Gasteiger partial charge < -0.3 is 14.8 Å². The molecule has 1 atom stereocenters. The predicted molar refractivity (Wildman–Crippen MR) is 82.0 cm³/mol. The van der Waals surface area contributed by atoms with Crippen molar-refractivity contribution < 1.29 is 17.9 Å². The van der Waals surface area contributed by atoms with Crippen LogP contribution >= 0.6 is 0 Å². The van der Waals surface area contributed by atoms with Gasteiger partial charge >= 0.3 is 0 Å². The summed E-state index contributed by atoms with van der Waals surface area (Å²) in [6, 6.07) is 3.36. The maximum Gasteiger partial charge on any atom is 0.179 e. The molecular weight excluding hydrogens is 290 g/mol. The highest BCUT2D eigenvalue weighted by molar-refractivity contribution is 7.90. The summed E-state index contributed by atoms with van der Waals surface area (Å²) < 4.78 is 34.3. The average molecular weight is 313 g/mol. The second-order valence-corrected chi connectivity index (χ2v) is 7.49. The fourth-order valence-corrected chi connectivity index (χ4v) is 3.62. The molecule has 0 saturated carbocycles. The van der Waals surface area contributed by atoms with Crippen molar-refractivity contribution in [2.45, 2.75) is 24.2 Å². The summed E-state index contributed by atoms with van der Waals surface area (Å²) in [5, 5.41) is 3.39. The van der Waals surface area contributed by atoms with Crippen LogP contribution in [0.3, 0.4) is 0 Å². The van der Waals surface area contributed by atoms with Gasteiger partial charge in [-0.25, -0.2) is 8.42 Å². The standard InChI is InChI=1S/C15H23NO4S/c1-19-13-9-15(21(3,17)18)14(20-2)8-12(13)7-11-5-4-6-16-10-11/h8-9,11,16H,4-7,10H2,1-3H3. The third-order valence-electron chi connectivity index (χ3n) is 3.87. The van der Waals surface area contributed by atoms with Crippen molar-refractivity contribution in [3.63, 3.8) is 0 Å². The predicted octanol–water partition coefficient (Wildman–Crippen LogP) is 1.65. The maximum atomic E-state index is 11.8. The molecule has 0 radical (unpaired) electrons. The maximum absolute atomic E-state index is 11.8. The summed E-state index contributed by atoms with van der Waals surface area (Å²) in [5.74, 6) is 1.54. The molecule has 1 unspecified atom stereocenters. The monoisotopic (exact) mass is 313 g/mol. The lowest BCUT2D eigenvalue weighted by Crippen LogP contribution is -2.30. The third kappa shape index (κ3) is 3.89. The largest absolute Gasteiger partial charge is 0.496 e. The minimum atomic E-state index is -3.35. The molecule has 1 saturated heterocycles. The molecule has 0 aliphatic carbocycles. The third-order valence-corrected chi connectivity index (χ3v) is 4.99. The number of benzene rings is 1. The molecular formula is C15H23NO4S.